The highest BCUT2D eigenvalue weighted by molar-refractivity contribution is 5.75. The van der Waals surface area contributed by atoms with E-state index in [0.29, 0.717) is 13.2 Å². The number of likely N-dealkylation sites (tertiary alicyclic amines) is 1. The fraction of sp³-hybridized carbons (Fsp3) is 0.909. The van der Waals surface area contributed by atoms with Gasteiger partial charge in [-0.25, -0.2) is 0 Å². The summed E-state index contributed by atoms with van der Waals surface area (Å²) in [5, 5.41) is 9.43. The highest BCUT2D eigenvalue weighted by Crippen LogP contribution is 2.17. The summed E-state index contributed by atoms with van der Waals surface area (Å²) in [5.41, 5.74) is 0. The Morgan fingerprint density at radius 1 is 1.60 bits per heavy atom. The van der Waals surface area contributed by atoms with Crippen molar-refractivity contribution >= 4 is 5.97 Å². The monoisotopic (exact) mass is 215 g/mol. The summed E-state index contributed by atoms with van der Waals surface area (Å²) in [7, 11) is 0. The van der Waals surface area contributed by atoms with Crippen LogP contribution in [0.25, 0.3) is 0 Å². The number of β-amino-alcohol motifs (C(OH)–C–C–N with tert-alkyl or cyclic N) is 1. The highest BCUT2D eigenvalue weighted by Gasteiger charge is 2.31. The molecule has 0 bridgehead atoms. The molecule has 1 N–H and O–H groups in total. The van der Waals surface area contributed by atoms with Crippen molar-refractivity contribution < 1.29 is 14.6 Å². The first kappa shape index (κ1) is 12.5. The molecule has 1 saturated heterocycles. The Labute approximate surface area is 91.2 Å². The van der Waals surface area contributed by atoms with E-state index in [1.165, 1.54) is 0 Å². The highest BCUT2D eigenvalue weighted by atomic mass is 16.5. The number of rotatable bonds is 5. The summed E-state index contributed by atoms with van der Waals surface area (Å²) in [6, 6.07) is -0.160. The van der Waals surface area contributed by atoms with Gasteiger partial charge in [-0.05, 0) is 19.8 Å². The van der Waals surface area contributed by atoms with E-state index in [-0.39, 0.29) is 18.1 Å². The molecule has 0 aromatic heterocycles. The molecule has 88 valence electrons. The lowest BCUT2D eigenvalue weighted by molar-refractivity contribution is -0.149. The van der Waals surface area contributed by atoms with Crippen LogP contribution in [0.4, 0.5) is 0 Å². The first-order valence-electron chi connectivity index (χ1n) is 5.77. The second-order valence-corrected chi connectivity index (χ2v) is 3.99. The molecule has 1 fully saturated rings. The first-order chi connectivity index (χ1) is 7.19. The zero-order chi connectivity index (χ0) is 11.3. The standard InChI is InChI=1S/C11H21NO3/c1-3-5-10(11(14)15-4-2)12-7-6-9(13)8-12/h9-10,13H,3-8H2,1-2H3. The van der Waals surface area contributed by atoms with Crippen LogP contribution in [0.5, 0.6) is 0 Å². The van der Waals surface area contributed by atoms with Crippen molar-refractivity contribution in [2.75, 3.05) is 19.7 Å². The van der Waals surface area contributed by atoms with Gasteiger partial charge in [0.1, 0.15) is 6.04 Å². The summed E-state index contributed by atoms with van der Waals surface area (Å²) in [4.78, 5) is 13.7. The topological polar surface area (TPSA) is 49.8 Å². The van der Waals surface area contributed by atoms with E-state index in [1.54, 1.807) is 0 Å². The fourth-order valence-corrected chi connectivity index (χ4v) is 2.01. The largest absolute Gasteiger partial charge is 0.465 e. The van der Waals surface area contributed by atoms with Gasteiger partial charge in [0.15, 0.2) is 0 Å². The Morgan fingerprint density at radius 3 is 2.80 bits per heavy atom. The normalized spacial score (nSPS) is 24.1. The molecule has 2 atom stereocenters. The maximum Gasteiger partial charge on any atom is 0.323 e. The molecule has 0 aromatic carbocycles. The average molecular weight is 215 g/mol. The van der Waals surface area contributed by atoms with Gasteiger partial charge in [-0.1, -0.05) is 13.3 Å². The summed E-state index contributed by atoms with van der Waals surface area (Å²) < 4.78 is 5.04. The smallest absolute Gasteiger partial charge is 0.323 e. The van der Waals surface area contributed by atoms with Gasteiger partial charge >= 0.3 is 5.97 Å². The number of ether oxygens (including phenoxy) is 1. The van der Waals surface area contributed by atoms with Crippen LogP contribution in [-0.2, 0) is 9.53 Å². The van der Waals surface area contributed by atoms with E-state index in [2.05, 4.69) is 6.92 Å². The van der Waals surface area contributed by atoms with Gasteiger partial charge in [-0.3, -0.25) is 9.69 Å². The molecule has 4 nitrogen and oxygen atoms in total. The fourth-order valence-electron chi connectivity index (χ4n) is 2.01. The molecule has 15 heavy (non-hydrogen) atoms. The predicted octanol–water partition coefficient (Wildman–Crippen LogP) is 0.785. The van der Waals surface area contributed by atoms with Gasteiger partial charge in [0.2, 0.25) is 0 Å². The van der Waals surface area contributed by atoms with Crippen LogP contribution in [0, 0.1) is 0 Å². The lowest BCUT2D eigenvalue weighted by Crippen LogP contribution is -2.41. The van der Waals surface area contributed by atoms with Crippen molar-refractivity contribution in [1.29, 1.82) is 0 Å². The van der Waals surface area contributed by atoms with Crippen LogP contribution < -0.4 is 0 Å². The van der Waals surface area contributed by atoms with Crippen LogP contribution in [0.3, 0.4) is 0 Å². The molecule has 0 radical (unpaired) electrons. The van der Waals surface area contributed by atoms with Gasteiger partial charge in [0.25, 0.3) is 0 Å². The Balaban J connectivity index is 2.52. The molecule has 1 heterocycles. The molecule has 4 heteroatoms. The minimum atomic E-state index is -0.279. The Hall–Kier alpha value is -0.610. The Kier molecular flexibility index (Phi) is 5.05. The third kappa shape index (κ3) is 3.47. The van der Waals surface area contributed by atoms with Crippen LogP contribution in [0.1, 0.15) is 33.1 Å². The van der Waals surface area contributed by atoms with Crippen LogP contribution in [0.2, 0.25) is 0 Å². The Morgan fingerprint density at radius 2 is 2.33 bits per heavy atom. The minimum Gasteiger partial charge on any atom is -0.465 e. The van der Waals surface area contributed by atoms with Gasteiger partial charge < -0.3 is 9.84 Å². The molecule has 1 rings (SSSR count). The van der Waals surface area contributed by atoms with Crippen molar-refractivity contribution in [2.45, 2.75) is 45.3 Å². The lowest BCUT2D eigenvalue weighted by atomic mass is 10.1. The van der Waals surface area contributed by atoms with Crippen LogP contribution >= 0.6 is 0 Å². The van der Waals surface area contributed by atoms with Gasteiger partial charge in [-0.15, -0.1) is 0 Å². The van der Waals surface area contributed by atoms with Crippen molar-refractivity contribution in [1.82, 2.24) is 4.90 Å². The average Bonchev–Trinajstić information content (AvgIpc) is 2.61. The van der Waals surface area contributed by atoms with Gasteiger partial charge in [0.05, 0.1) is 12.7 Å². The van der Waals surface area contributed by atoms with E-state index < -0.39 is 0 Å². The van der Waals surface area contributed by atoms with Crippen LogP contribution in [-0.4, -0.2) is 47.8 Å². The third-order valence-corrected chi connectivity index (χ3v) is 2.76. The number of nitrogens with zero attached hydrogens (tertiary/aromatic N) is 1. The molecule has 0 saturated carbocycles. The van der Waals surface area contributed by atoms with Gasteiger partial charge in [0, 0.05) is 13.1 Å². The predicted molar refractivity (Wildman–Crippen MR) is 57.5 cm³/mol. The SMILES string of the molecule is CCCC(C(=O)OCC)N1CCC(O)C1. The summed E-state index contributed by atoms with van der Waals surface area (Å²) in [5.74, 6) is -0.145. The number of carbonyl (C=O) groups is 1. The summed E-state index contributed by atoms with van der Waals surface area (Å²) in [6.07, 6.45) is 2.25. The van der Waals surface area contributed by atoms with Crippen molar-refractivity contribution in [3.63, 3.8) is 0 Å². The van der Waals surface area contributed by atoms with E-state index in [1.807, 2.05) is 11.8 Å². The number of hydrogen-bond donors (Lipinski definition) is 1. The maximum atomic E-state index is 11.7. The van der Waals surface area contributed by atoms with E-state index in [9.17, 15) is 9.90 Å². The molecule has 0 aliphatic carbocycles. The first-order valence-corrected chi connectivity index (χ1v) is 5.77. The van der Waals surface area contributed by atoms with E-state index in [4.69, 9.17) is 4.74 Å². The molecule has 1 aliphatic rings. The van der Waals surface area contributed by atoms with Crippen molar-refractivity contribution in [3.8, 4) is 0 Å². The van der Waals surface area contributed by atoms with Gasteiger partial charge in [-0.2, -0.15) is 0 Å². The molecule has 0 aromatic rings. The molecular formula is C11H21NO3. The molecule has 0 spiro atoms. The van der Waals surface area contributed by atoms with E-state index >= 15 is 0 Å². The zero-order valence-corrected chi connectivity index (χ0v) is 9.61. The summed E-state index contributed by atoms with van der Waals surface area (Å²) in [6.45, 7) is 5.70. The number of hydrogen-bond acceptors (Lipinski definition) is 4. The summed E-state index contributed by atoms with van der Waals surface area (Å²) >= 11 is 0. The lowest BCUT2D eigenvalue weighted by Gasteiger charge is -2.25. The molecule has 1 aliphatic heterocycles. The number of aliphatic hydroxyl groups excluding tert-OH is 1. The van der Waals surface area contributed by atoms with E-state index in [0.717, 1.165) is 25.8 Å². The van der Waals surface area contributed by atoms with Crippen molar-refractivity contribution in [3.05, 3.63) is 0 Å². The number of aliphatic hydroxyl groups is 1. The zero-order valence-electron chi connectivity index (χ0n) is 9.61. The second-order valence-electron chi connectivity index (χ2n) is 3.99. The minimum absolute atomic E-state index is 0.145. The quantitative estimate of drug-likeness (QED) is 0.689. The third-order valence-electron chi connectivity index (χ3n) is 2.76. The number of esters is 1. The molecule has 0 amide bonds. The second kappa shape index (κ2) is 6.08. The maximum absolute atomic E-state index is 11.7. The molecular weight excluding hydrogens is 194 g/mol. The Bertz CT molecular complexity index is 208. The molecule has 2 unspecified atom stereocenters. The number of carbonyl (C=O) groups excluding carboxylic acids is 1. The van der Waals surface area contributed by atoms with Crippen LogP contribution in [0.15, 0.2) is 0 Å². The van der Waals surface area contributed by atoms with Crippen molar-refractivity contribution in [2.24, 2.45) is 0 Å².